The average Bonchev–Trinajstić information content (AvgIpc) is 2.74. The summed E-state index contributed by atoms with van der Waals surface area (Å²) in [6.45, 7) is 2.30. The lowest BCUT2D eigenvalue weighted by Gasteiger charge is -2.17. The number of rotatable bonds is 10. The summed E-state index contributed by atoms with van der Waals surface area (Å²) in [7, 11) is 1.61. The van der Waals surface area contributed by atoms with E-state index >= 15 is 0 Å². The van der Waals surface area contributed by atoms with E-state index in [1.54, 1.807) is 19.6 Å². The standard InChI is InChI=1S/C23H26N2O4S/c1-4-8-19(26)17-15-24-23-16(9-7-12-21(23)29-13-14-30(3)27)22(17)25-18-10-5-6-11-20(18)28-2/h5-7,9-12,15H,4,8,13-14H2,1-3H3,(H,24,25). The number of Topliss-reactive ketones (excluding diaryl/α,β-unsaturated/α-hetero) is 1. The molecule has 0 saturated carbocycles. The van der Waals surface area contributed by atoms with Crippen LogP contribution in [-0.2, 0) is 11.2 Å². The van der Waals surface area contributed by atoms with E-state index in [2.05, 4.69) is 10.3 Å². The second-order valence-corrected chi connectivity index (χ2v) is 8.38. The van der Waals surface area contributed by atoms with Gasteiger partial charge in [-0.05, 0) is 24.6 Å². The van der Waals surface area contributed by atoms with Crippen molar-refractivity contribution in [3.05, 3.63) is 54.2 Å². The van der Waals surface area contributed by atoms with Crippen LogP contribution in [0.4, 0.5) is 11.4 Å². The minimum absolute atomic E-state index is 0.0250. The maximum atomic E-state index is 12.8. The average molecular weight is 427 g/mol. The van der Waals surface area contributed by atoms with Crippen LogP contribution >= 0.6 is 0 Å². The second kappa shape index (κ2) is 10.3. The number of aromatic nitrogens is 1. The minimum atomic E-state index is -0.936. The molecule has 0 spiro atoms. The molecule has 0 bridgehead atoms. The van der Waals surface area contributed by atoms with E-state index in [9.17, 15) is 9.35 Å². The quantitative estimate of drug-likeness (QED) is 0.373. The van der Waals surface area contributed by atoms with Crippen LogP contribution in [0.15, 0.2) is 48.7 Å². The van der Waals surface area contributed by atoms with Crippen molar-refractivity contribution in [3.63, 3.8) is 0 Å². The Morgan fingerprint density at radius 1 is 1.17 bits per heavy atom. The fraction of sp³-hybridized carbons (Fsp3) is 0.304. The molecule has 3 aromatic rings. The molecule has 0 fully saturated rings. The summed E-state index contributed by atoms with van der Waals surface area (Å²) < 4.78 is 22.6. The lowest BCUT2D eigenvalue weighted by molar-refractivity contribution is 0.0982. The number of pyridine rings is 1. The molecule has 0 amide bonds. The Kier molecular flexibility index (Phi) is 7.54. The van der Waals surface area contributed by atoms with E-state index < -0.39 is 11.2 Å². The van der Waals surface area contributed by atoms with Gasteiger partial charge in [0, 0.05) is 18.0 Å². The first kappa shape index (κ1) is 21.9. The van der Waals surface area contributed by atoms with E-state index in [1.807, 2.05) is 49.4 Å². The van der Waals surface area contributed by atoms with Crippen LogP contribution in [0.25, 0.3) is 10.9 Å². The molecule has 2 aromatic carbocycles. The highest BCUT2D eigenvalue weighted by atomic mass is 32.2. The van der Waals surface area contributed by atoms with Gasteiger partial charge in [0.25, 0.3) is 0 Å². The number of methoxy groups -OCH3 is 1. The van der Waals surface area contributed by atoms with Gasteiger partial charge in [-0.15, -0.1) is 0 Å². The summed E-state index contributed by atoms with van der Waals surface area (Å²) in [4.78, 5) is 17.3. The molecule has 6 nitrogen and oxygen atoms in total. The van der Waals surface area contributed by atoms with Crippen molar-refractivity contribution in [2.24, 2.45) is 0 Å². The summed E-state index contributed by atoms with van der Waals surface area (Å²) >= 11 is -0.936. The molecule has 1 atom stereocenters. The Balaban J connectivity index is 2.10. The Labute approximate surface area is 179 Å². The van der Waals surface area contributed by atoms with Gasteiger partial charge in [0.2, 0.25) is 0 Å². The number of benzene rings is 2. The molecule has 1 unspecified atom stereocenters. The van der Waals surface area contributed by atoms with Crippen LogP contribution in [0.1, 0.15) is 30.1 Å². The number of ketones is 1. The number of hydrogen-bond donors (Lipinski definition) is 1. The number of fused-ring (bicyclic) bond motifs is 1. The minimum Gasteiger partial charge on any atom is -0.616 e. The molecule has 1 aromatic heterocycles. The van der Waals surface area contributed by atoms with Crippen LogP contribution < -0.4 is 14.8 Å². The Morgan fingerprint density at radius 2 is 1.93 bits per heavy atom. The third kappa shape index (κ3) is 5.04. The molecule has 0 aliphatic heterocycles. The summed E-state index contributed by atoms with van der Waals surface area (Å²) in [5.41, 5.74) is 2.60. The molecule has 0 aliphatic carbocycles. The van der Waals surface area contributed by atoms with Gasteiger partial charge in [0.15, 0.2) is 5.78 Å². The number of para-hydroxylation sites is 3. The number of carbonyl (C=O) groups is 1. The van der Waals surface area contributed by atoms with E-state index in [1.165, 1.54) is 0 Å². The first-order valence-corrected chi connectivity index (χ1v) is 11.6. The molecule has 0 aliphatic rings. The van der Waals surface area contributed by atoms with Crippen molar-refractivity contribution in [2.45, 2.75) is 19.8 Å². The largest absolute Gasteiger partial charge is 0.616 e. The zero-order valence-corrected chi connectivity index (χ0v) is 18.3. The summed E-state index contributed by atoms with van der Waals surface area (Å²) in [6, 6.07) is 13.2. The number of anilines is 2. The maximum absolute atomic E-state index is 12.8. The van der Waals surface area contributed by atoms with Crippen molar-refractivity contribution in [2.75, 3.05) is 31.0 Å². The zero-order chi connectivity index (χ0) is 21.5. The third-order valence-electron chi connectivity index (χ3n) is 4.63. The molecule has 7 heteroatoms. The topological polar surface area (TPSA) is 83.5 Å². The molecule has 30 heavy (non-hydrogen) atoms. The van der Waals surface area contributed by atoms with Crippen LogP contribution in [0.5, 0.6) is 11.5 Å². The monoisotopic (exact) mass is 426 g/mol. The predicted molar refractivity (Wildman–Crippen MR) is 122 cm³/mol. The molecular weight excluding hydrogens is 400 g/mol. The summed E-state index contributed by atoms with van der Waals surface area (Å²) in [5, 5.41) is 4.16. The van der Waals surface area contributed by atoms with Gasteiger partial charge in [0.05, 0.1) is 30.3 Å². The van der Waals surface area contributed by atoms with E-state index in [0.717, 1.165) is 17.5 Å². The van der Waals surface area contributed by atoms with Crippen molar-refractivity contribution >= 4 is 39.2 Å². The van der Waals surface area contributed by atoms with Gasteiger partial charge in [0.1, 0.15) is 29.4 Å². The fourth-order valence-corrected chi connectivity index (χ4v) is 3.49. The highest BCUT2D eigenvalue weighted by molar-refractivity contribution is 7.90. The van der Waals surface area contributed by atoms with Crippen LogP contribution in [-0.4, -0.2) is 41.0 Å². The Bertz CT molecular complexity index is 1020. The number of hydrogen-bond acceptors (Lipinski definition) is 6. The highest BCUT2D eigenvalue weighted by Crippen LogP contribution is 2.36. The Morgan fingerprint density at radius 3 is 2.67 bits per heavy atom. The van der Waals surface area contributed by atoms with Crippen molar-refractivity contribution in [1.82, 2.24) is 4.98 Å². The normalized spacial score (nSPS) is 11.9. The molecule has 0 radical (unpaired) electrons. The lowest BCUT2D eigenvalue weighted by atomic mass is 10.0. The fourth-order valence-electron chi connectivity index (χ4n) is 3.17. The van der Waals surface area contributed by atoms with Gasteiger partial charge in [-0.25, -0.2) is 0 Å². The smallest absolute Gasteiger partial charge is 0.166 e. The van der Waals surface area contributed by atoms with Gasteiger partial charge in [-0.2, -0.15) is 0 Å². The van der Waals surface area contributed by atoms with E-state index in [0.29, 0.717) is 47.0 Å². The van der Waals surface area contributed by atoms with E-state index in [4.69, 9.17) is 9.47 Å². The molecule has 3 rings (SSSR count). The number of carbonyl (C=O) groups excluding carboxylic acids is 1. The number of ether oxygens (including phenoxy) is 2. The van der Waals surface area contributed by atoms with Gasteiger partial charge in [-0.3, -0.25) is 9.78 Å². The molecular formula is C23H26N2O4S. The molecule has 158 valence electrons. The second-order valence-electron chi connectivity index (χ2n) is 6.82. The number of nitrogens with zero attached hydrogens (tertiary/aromatic N) is 1. The van der Waals surface area contributed by atoms with Gasteiger partial charge in [-0.1, -0.05) is 42.4 Å². The summed E-state index contributed by atoms with van der Waals surface area (Å²) in [5.74, 6) is 1.73. The lowest BCUT2D eigenvalue weighted by Crippen LogP contribution is -2.12. The van der Waals surface area contributed by atoms with Crippen LogP contribution in [0.3, 0.4) is 0 Å². The van der Waals surface area contributed by atoms with Crippen LogP contribution in [0, 0.1) is 0 Å². The first-order valence-electron chi connectivity index (χ1n) is 9.83. The first-order chi connectivity index (χ1) is 14.5. The predicted octanol–water partition coefficient (Wildman–Crippen LogP) is 4.73. The summed E-state index contributed by atoms with van der Waals surface area (Å²) in [6.07, 6.45) is 4.43. The van der Waals surface area contributed by atoms with Crippen molar-refractivity contribution in [1.29, 1.82) is 0 Å². The van der Waals surface area contributed by atoms with E-state index in [-0.39, 0.29) is 5.78 Å². The van der Waals surface area contributed by atoms with Gasteiger partial charge >= 0.3 is 0 Å². The van der Waals surface area contributed by atoms with Crippen molar-refractivity contribution in [3.8, 4) is 11.5 Å². The van der Waals surface area contributed by atoms with Crippen molar-refractivity contribution < 1.29 is 18.8 Å². The molecule has 1 N–H and O–H groups in total. The van der Waals surface area contributed by atoms with Crippen LogP contribution in [0.2, 0.25) is 0 Å². The highest BCUT2D eigenvalue weighted by Gasteiger charge is 2.18. The SMILES string of the molecule is CCCC(=O)c1cnc2c(OCC[S+](C)[O-])cccc2c1Nc1ccccc1OC. The van der Waals surface area contributed by atoms with Gasteiger partial charge < -0.3 is 19.3 Å². The Hall–Kier alpha value is -2.77. The molecule has 1 heterocycles. The number of nitrogens with one attached hydrogen (secondary N) is 1. The third-order valence-corrected chi connectivity index (χ3v) is 5.37. The zero-order valence-electron chi connectivity index (χ0n) is 17.4. The molecule has 0 saturated heterocycles. The maximum Gasteiger partial charge on any atom is 0.166 e.